The van der Waals surface area contributed by atoms with Crippen LogP contribution < -0.4 is 5.32 Å². The molecular formula is C15H12N4O3. The minimum Gasteiger partial charge on any atom is -0.321 e. The zero-order valence-corrected chi connectivity index (χ0v) is 11.7. The average Bonchev–Trinajstić information content (AvgIpc) is 2.97. The first-order valence-corrected chi connectivity index (χ1v) is 6.55. The molecule has 7 heteroatoms. The number of amides is 1. The maximum Gasteiger partial charge on any atom is 0.271 e. The highest BCUT2D eigenvalue weighted by Gasteiger charge is 2.14. The predicted octanol–water partition coefficient (Wildman–Crippen LogP) is 3.03. The molecule has 0 radical (unpaired) electrons. The van der Waals surface area contributed by atoms with Gasteiger partial charge in [0.2, 0.25) is 0 Å². The Hall–Kier alpha value is -3.22. The van der Waals surface area contributed by atoms with Crippen molar-refractivity contribution in [2.75, 3.05) is 5.32 Å². The number of rotatable bonds is 3. The van der Waals surface area contributed by atoms with E-state index in [-0.39, 0.29) is 11.6 Å². The summed E-state index contributed by atoms with van der Waals surface area (Å²) in [6, 6.07) is 9.62. The van der Waals surface area contributed by atoms with E-state index >= 15 is 0 Å². The van der Waals surface area contributed by atoms with Crippen LogP contribution in [0.4, 0.5) is 11.4 Å². The second-order valence-electron chi connectivity index (χ2n) is 4.85. The van der Waals surface area contributed by atoms with Crippen molar-refractivity contribution < 1.29 is 9.72 Å². The summed E-state index contributed by atoms with van der Waals surface area (Å²) in [5, 5.41) is 21.1. The molecule has 22 heavy (non-hydrogen) atoms. The van der Waals surface area contributed by atoms with Gasteiger partial charge in [-0.1, -0.05) is 18.2 Å². The monoisotopic (exact) mass is 296 g/mol. The van der Waals surface area contributed by atoms with Crippen molar-refractivity contribution in [1.29, 1.82) is 0 Å². The Bertz CT molecular complexity index is 885. The summed E-state index contributed by atoms with van der Waals surface area (Å²) in [5.41, 5.74) is 2.15. The SMILES string of the molecule is Cc1ccc([N+](=O)[O-])cc1NC(=O)c1cccc2cn[nH]c12. The number of para-hydroxylation sites is 1. The van der Waals surface area contributed by atoms with Crippen LogP contribution >= 0.6 is 0 Å². The number of nitro benzene ring substituents is 1. The molecule has 0 aliphatic rings. The van der Waals surface area contributed by atoms with Gasteiger partial charge >= 0.3 is 0 Å². The number of fused-ring (bicyclic) bond motifs is 1. The van der Waals surface area contributed by atoms with Gasteiger partial charge in [0.1, 0.15) is 0 Å². The van der Waals surface area contributed by atoms with Gasteiger partial charge in [0.05, 0.1) is 27.9 Å². The lowest BCUT2D eigenvalue weighted by Crippen LogP contribution is -2.13. The van der Waals surface area contributed by atoms with Gasteiger partial charge in [-0.3, -0.25) is 20.0 Å². The molecule has 0 atom stereocenters. The Labute approximate surface area is 125 Å². The van der Waals surface area contributed by atoms with E-state index in [1.165, 1.54) is 12.1 Å². The summed E-state index contributed by atoms with van der Waals surface area (Å²) in [4.78, 5) is 22.8. The van der Waals surface area contributed by atoms with Gasteiger partial charge in [0.15, 0.2) is 0 Å². The molecule has 1 amide bonds. The average molecular weight is 296 g/mol. The molecule has 7 nitrogen and oxygen atoms in total. The van der Waals surface area contributed by atoms with Crippen LogP contribution in [0.5, 0.6) is 0 Å². The lowest BCUT2D eigenvalue weighted by Gasteiger charge is -2.08. The maximum atomic E-state index is 12.4. The van der Waals surface area contributed by atoms with Crippen molar-refractivity contribution in [1.82, 2.24) is 10.2 Å². The van der Waals surface area contributed by atoms with Crippen LogP contribution in [0.1, 0.15) is 15.9 Å². The normalized spacial score (nSPS) is 10.6. The molecule has 0 aliphatic heterocycles. The summed E-state index contributed by atoms with van der Waals surface area (Å²) < 4.78 is 0. The number of nitrogens with one attached hydrogen (secondary N) is 2. The summed E-state index contributed by atoms with van der Waals surface area (Å²) in [5.74, 6) is -0.349. The highest BCUT2D eigenvalue weighted by Crippen LogP contribution is 2.23. The molecule has 0 unspecified atom stereocenters. The first kappa shape index (κ1) is 13.7. The van der Waals surface area contributed by atoms with E-state index in [0.29, 0.717) is 16.8 Å². The number of hydrogen-bond donors (Lipinski definition) is 2. The van der Waals surface area contributed by atoms with Crippen molar-refractivity contribution in [3.05, 3.63) is 63.8 Å². The number of carbonyl (C=O) groups is 1. The largest absolute Gasteiger partial charge is 0.321 e. The topological polar surface area (TPSA) is 101 Å². The Morgan fingerprint density at radius 2 is 2.14 bits per heavy atom. The van der Waals surface area contributed by atoms with Gasteiger partial charge < -0.3 is 5.32 Å². The quantitative estimate of drug-likeness (QED) is 0.573. The van der Waals surface area contributed by atoms with Crippen molar-refractivity contribution in [2.24, 2.45) is 0 Å². The van der Waals surface area contributed by atoms with Crippen molar-refractivity contribution in [2.45, 2.75) is 6.92 Å². The van der Waals surface area contributed by atoms with Gasteiger partial charge in [0, 0.05) is 17.5 Å². The van der Waals surface area contributed by atoms with Crippen LogP contribution in [0.2, 0.25) is 0 Å². The fraction of sp³-hybridized carbons (Fsp3) is 0.0667. The molecule has 0 fully saturated rings. The molecule has 2 aromatic carbocycles. The third-order valence-electron chi connectivity index (χ3n) is 3.40. The smallest absolute Gasteiger partial charge is 0.271 e. The van der Waals surface area contributed by atoms with Crippen molar-refractivity contribution >= 4 is 28.2 Å². The van der Waals surface area contributed by atoms with Crippen LogP contribution in [0, 0.1) is 17.0 Å². The molecule has 0 saturated heterocycles. The van der Waals surface area contributed by atoms with Crippen LogP contribution in [-0.4, -0.2) is 21.0 Å². The zero-order valence-electron chi connectivity index (χ0n) is 11.7. The van der Waals surface area contributed by atoms with E-state index in [2.05, 4.69) is 15.5 Å². The number of hydrogen-bond acceptors (Lipinski definition) is 4. The van der Waals surface area contributed by atoms with E-state index < -0.39 is 4.92 Å². The summed E-state index contributed by atoms with van der Waals surface area (Å²) in [6.07, 6.45) is 1.63. The number of carbonyl (C=O) groups excluding carboxylic acids is 1. The van der Waals surface area contributed by atoms with Gasteiger partial charge in [-0.05, 0) is 18.6 Å². The van der Waals surface area contributed by atoms with E-state index in [4.69, 9.17) is 0 Å². The molecule has 1 heterocycles. The number of nitrogens with zero attached hydrogens (tertiary/aromatic N) is 2. The lowest BCUT2D eigenvalue weighted by molar-refractivity contribution is -0.384. The number of benzene rings is 2. The number of non-ortho nitro benzene ring substituents is 1. The molecule has 0 spiro atoms. The Balaban J connectivity index is 1.96. The summed E-state index contributed by atoms with van der Waals surface area (Å²) in [7, 11) is 0. The van der Waals surface area contributed by atoms with E-state index in [1.54, 1.807) is 31.3 Å². The number of nitro groups is 1. The van der Waals surface area contributed by atoms with Crippen molar-refractivity contribution in [3.63, 3.8) is 0 Å². The van der Waals surface area contributed by atoms with Crippen LogP contribution in [-0.2, 0) is 0 Å². The number of aryl methyl sites for hydroxylation is 1. The van der Waals surface area contributed by atoms with Gasteiger partial charge in [-0.15, -0.1) is 0 Å². The molecule has 3 rings (SSSR count). The first-order chi connectivity index (χ1) is 10.6. The third-order valence-corrected chi connectivity index (χ3v) is 3.40. The Morgan fingerprint density at radius 1 is 1.32 bits per heavy atom. The van der Waals surface area contributed by atoms with Gasteiger partial charge in [0.25, 0.3) is 11.6 Å². The number of H-pyrrole nitrogens is 1. The molecule has 0 aliphatic carbocycles. The van der Waals surface area contributed by atoms with Crippen LogP contribution in [0.15, 0.2) is 42.6 Å². The van der Waals surface area contributed by atoms with E-state index in [1.807, 2.05) is 6.07 Å². The fourth-order valence-electron chi connectivity index (χ4n) is 2.21. The summed E-state index contributed by atoms with van der Waals surface area (Å²) >= 11 is 0. The van der Waals surface area contributed by atoms with E-state index in [9.17, 15) is 14.9 Å². The number of aromatic amines is 1. The second kappa shape index (κ2) is 5.28. The molecule has 2 N–H and O–H groups in total. The summed E-state index contributed by atoms with van der Waals surface area (Å²) in [6.45, 7) is 1.77. The zero-order chi connectivity index (χ0) is 15.7. The van der Waals surface area contributed by atoms with Crippen molar-refractivity contribution in [3.8, 4) is 0 Å². The fourth-order valence-corrected chi connectivity index (χ4v) is 2.21. The predicted molar refractivity (Wildman–Crippen MR) is 81.9 cm³/mol. The van der Waals surface area contributed by atoms with E-state index in [0.717, 1.165) is 10.9 Å². The minimum absolute atomic E-state index is 0.0688. The van der Waals surface area contributed by atoms with Crippen LogP contribution in [0.3, 0.4) is 0 Å². The maximum absolute atomic E-state index is 12.4. The number of anilines is 1. The molecule has 0 saturated carbocycles. The number of aromatic nitrogens is 2. The molecule has 110 valence electrons. The highest BCUT2D eigenvalue weighted by molar-refractivity contribution is 6.12. The molecular weight excluding hydrogens is 284 g/mol. The second-order valence-corrected chi connectivity index (χ2v) is 4.85. The highest BCUT2D eigenvalue weighted by atomic mass is 16.6. The standard InChI is InChI=1S/C15H12N4O3/c1-9-5-6-11(19(21)22)7-13(9)17-15(20)12-4-2-3-10-8-16-18-14(10)12/h2-8H,1H3,(H,16,18)(H,17,20). The molecule has 3 aromatic rings. The third kappa shape index (κ3) is 2.39. The van der Waals surface area contributed by atoms with Crippen LogP contribution in [0.25, 0.3) is 10.9 Å². The van der Waals surface area contributed by atoms with Gasteiger partial charge in [-0.25, -0.2) is 0 Å². The minimum atomic E-state index is -0.495. The molecule has 1 aromatic heterocycles. The first-order valence-electron chi connectivity index (χ1n) is 6.55. The lowest BCUT2D eigenvalue weighted by atomic mass is 10.1. The Morgan fingerprint density at radius 3 is 2.91 bits per heavy atom. The molecule has 0 bridgehead atoms. The Kier molecular flexibility index (Phi) is 3.30. The van der Waals surface area contributed by atoms with Gasteiger partial charge in [-0.2, -0.15) is 5.10 Å².